The van der Waals surface area contributed by atoms with Crippen LogP contribution >= 0.6 is 0 Å². The van der Waals surface area contributed by atoms with Gasteiger partial charge in [-0.1, -0.05) is 121 Å². The van der Waals surface area contributed by atoms with Crippen LogP contribution in [0, 0.1) is 0 Å². The molecule has 8 aromatic carbocycles. The summed E-state index contributed by atoms with van der Waals surface area (Å²) in [6.07, 6.45) is 2.25. The Morgan fingerprint density at radius 2 is 1.20 bits per heavy atom. The van der Waals surface area contributed by atoms with Gasteiger partial charge < -0.3 is 13.9 Å². The lowest BCUT2D eigenvalue weighted by Gasteiger charge is -2.41. The van der Waals surface area contributed by atoms with Crippen LogP contribution in [0.25, 0.3) is 71.1 Å². The molecule has 50 heavy (non-hydrogen) atoms. The van der Waals surface area contributed by atoms with Gasteiger partial charge in [0.05, 0.1) is 11.2 Å². The fourth-order valence-corrected chi connectivity index (χ4v) is 9.24. The minimum absolute atomic E-state index is 0.0165. The van der Waals surface area contributed by atoms with Crippen molar-refractivity contribution in [2.24, 2.45) is 0 Å². The zero-order chi connectivity index (χ0) is 32.5. The van der Waals surface area contributed by atoms with E-state index in [4.69, 9.17) is 0 Å². The van der Waals surface area contributed by atoms with E-state index in [0.717, 1.165) is 0 Å². The molecule has 0 amide bonds. The Labute approximate surface area is 288 Å². The van der Waals surface area contributed by atoms with E-state index in [1.807, 2.05) is 0 Å². The third kappa shape index (κ3) is 3.30. The summed E-state index contributed by atoms with van der Waals surface area (Å²) in [6, 6.07) is 60.7. The predicted molar refractivity (Wildman–Crippen MR) is 212 cm³/mol. The number of para-hydroxylation sites is 3. The van der Waals surface area contributed by atoms with Crippen molar-refractivity contribution in [1.29, 1.82) is 0 Å². The minimum Gasteiger partial charge on any atom is -0.375 e. The third-order valence-corrected chi connectivity index (χ3v) is 11.2. The lowest BCUT2D eigenvalue weighted by molar-refractivity contribution is 1.13. The van der Waals surface area contributed by atoms with Gasteiger partial charge in [0.2, 0.25) is 0 Å². The first-order valence-electron chi connectivity index (χ1n) is 17.4. The molecule has 0 saturated heterocycles. The number of anilines is 3. The fourth-order valence-electron chi connectivity index (χ4n) is 9.24. The SMILES string of the molecule is c1ccc(-n2ccc3cc4c5c(c32)-c2cccc3c6ccccc6n(c23)B5c2ccc3ccccc3c2N4c2ccc3ccccc3c2)cc1. The lowest BCUT2D eigenvalue weighted by Crippen LogP contribution is -2.56. The first-order chi connectivity index (χ1) is 24.8. The number of rotatable bonds is 2. The summed E-state index contributed by atoms with van der Waals surface area (Å²) in [5.41, 5.74) is 14.0. The first-order valence-corrected chi connectivity index (χ1v) is 17.4. The maximum absolute atomic E-state index is 2.65. The van der Waals surface area contributed by atoms with Crippen molar-refractivity contribution in [3.63, 3.8) is 0 Å². The quantitative estimate of drug-likeness (QED) is 0.173. The molecule has 3 nitrogen and oxygen atoms in total. The van der Waals surface area contributed by atoms with E-state index >= 15 is 0 Å². The van der Waals surface area contributed by atoms with Crippen molar-refractivity contribution < 1.29 is 0 Å². The molecule has 0 saturated carbocycles. The van der Waals surface area contributed by atoms with Gasteiger partial charge in [-0.15, -0.1) is 0 Å². The van der Waals surface area contributed by atoms with E-state index < -0.39 is 0 Å². The molecule has 4 heteroatoms. The largest absolute Gasteiger partial charge is 0.375 e. The van der Waals surface area contributed by atoms with E-state index in [1.54, 1.807) is 0 Å². The Bertz CT molecular complexity index is 3060. The number of nitrogens with zero attached hydrogens (tertiary/aromatic N) is 3. The molecule has 0 N–H and O–H groups in total. The lowest BCUT2D eigenvalue weighted by atomic mass is 9.44. The zero-order valence-electron chi connectivity index (χ0n) is 27.1. The van der Waals surface area contributed by atoms with Crippen molar-refractivity contribution in [2.75, 3.05) is 4.90 Å². The zero-order valence-corrected chi connectivity index (χ0v) is 27.1. The Morgan fingerprint density at radius 1 is 0.460 bits per heavy atom. The molecule has 0 atom stereocenters. The van der Waals surface area contributed by atoms with Crippen LogP contribution in [0.4, 0.5) is 17.1 Å². The maximum Gasteiger partial charge on any atom is 0.333 e. The second-order valence-corrected chi connectivity index (χ2v) is 13.7. The maximum atomic E-state index is 2.65. The summed E-state index contributed by atoms with van der Waals surface area (Å²) in [5, 5.41) is 8.83. The molecule has 12 rings (SSSR count). The van der Waals surface area contributed by atoms with Gasteiger partial charge in [-0.05, 0) is 69.5 Å². The molecule has 230 valence electrons. The van der Waals surface area contributed by atoms with Crippen molar-refractivity contribution in [3.05, 3.63) is 170 Å². The molecular formula is C46H28BN3. The molecule has 2 aromatic heterocycles. The molecule has 0 bridgehead atoms. The number of aromatic nitrogens is 2. The summed E-state index contributed by atoms with van der Waals surface area (Å²) >= 11 is 0. The van der Waals surface area contributed by atoms with Gasteiger partial charge in [0.15, 0.2) is 0 Å². The van der Waals surface area contributed by atoms with Crippen LogP contribution in [0.15, 0.2) is 170 Å². The summed E-state index contributed by atoms with van der Waals surface area (Å²) in [4.78, 5) is 2.57. The molecule has 0 radical (unpaired) electrons. The number of hydrogen-bond acceptors (Lipinski definition) is 1. The molecule has 2 aliphatic heterocycles. The highest BCUT2D eigenvalue weighted by molar-refractivity contribution is 6.90. The van der Waals surface area contributed by atoms with Gasteiger partial charge in [0, 0.05) is 67.0 Å². The highest BCUT2D eigenvalue weighted by Gasteiger charge is 2.44. The average molecular weight is 634 g/mol. The summed E-state index contributed by atoms with van der Waals surface area (Å²) in [5.74, 6) is 0. The van der Waals surface area contributed by atoms with Gasteiger partial charge >= 0.3 is 6.85 Å². The second kappa shape index (κ2) is 9.55. The van der Waals surface area contributed by atoms with E-state index in [-0.39, 0.29) is 6.85 Å². The Morgan fingerprint density at radius 3 is 2.10 bits per heavy atom. The molecule has 0 aliphatic carbocycles. The van der Waals surface area contributed by atoms with Gasteiger partial charge in [-0.3, -0.25) is 0 Å². The second-order valence-electron chi connectivity index (χ2n) is 13.7. The number of benzene rings is 8. The van der Waals surface area contributed by atoms with E-state index in [0.29, 0.717) is 0 Å². The summed E-state index contributed by atoms with van der Waals surface area (Å²) in [6.45, 7) is -0.0165. The van der Waals surface area contributed by atoms with Crippen molar-refractivity contribution in [1.82, 2.24) is 9.05 Å². The van der Waals surface area contributed by atoms with Gasteiger partial charge in [-0.25, -0.2) is 0 Å². The number of fused-ring (bicyclic) bond motifs is 12. The van der Waals surface area contributed by atoms with Crippen molar-refractivity contribution >= 4 is 89.1 Å². The molecule has 0 unspecified atom stereocenters. The van der Waals surface area contributed by atoms with Crippen LogP contribution in [-0.2, 0) is 0 Å². The molecule has 4 heterocycles. The minimum atomic E-state index is -0.0165. The van der Waals surface area contributed by atoms with Crippen LogP contribution in [0.2, 0.25) is 0 Å². The van der Waals surface area contributed by atoms with Crippen molar-refractivity contribution in [3.8, 4) is 16.8 Å². The Kier molecular flexibility index (Phi) is 5.05. The predicted octanol–water partition coefficient (Wildman–Crippen LogP) is 10.5. The highest BCUT2D eigenvalue weighted by atomic mass is 15.2. The van der Waals surface area contributed by atoms with Crippen LogP contribution in [0.5, 0.6) is 0 Å². The average Bonchev–Trinajstić information content (AvgIpc) is 3.76. The normalized spacial score (nSPS) is 13.1. The standard InChI is InChI=1S/C46H28BN3/c1-2-14-33(15-3-1)48-26-25-32-28-41-43-42(44(32)48)38-19-10-18-37-36-17-8-9-20-40(36)50(45(37)38)47(43)39-24-22-30-12-6-7-16-35(30)46(39)49(41)34-23-21-29-11-4-5-13-31(29)27-34/h1-28H. The number of hydrogen-bond donors (Lipinski definition) is 0. The molecule has 0 spiro atoms. The van der Waals surface area contributed by atoms with Crippen molar-refractivity contribution in [2.45, 2.75) is 0 Å². The van der Waals surface area contributed by atoms with Crippen LogP contribution in [0.1, 0.15) is 0 Å². The topological polar surface area (TPSA) is 13.1 Å². The first kappa shape index (κ1) is 26.4. The molecule has 10 aromatic rings. The van der Waals surface area contributed by atoms with E-state index in [1.165, 1.54) is 99.1 Å². The van der Waals surface area contributed by atoms with E-state index in [9.17, 15) is 0 Å². The fraction of sp³-hybridized carbons (Fsp3) is 0. The molecular weight excluding hydrogens is 605 g/mol. The monoisotopic (exact) mass is 633 g/mol. The summed E-state index contributed by atoms with van der Waals surface area (Å²) in [7, 11) is 0. The van der Waals surface area contributed by atoms with Crippen LogP contribution in [-0.4, -0.2) is 15.9 Å². The van der Waals surface area contributed by atoms with Crippen LogP contribution in [0.3, 0.4) is 0 Å². The van der Waals surface area contributed by atoms with Gasteiger partial charge in [0.25, 0.3) is 0 Å². The summed E-state index contributed by atoms with van der Waals surface area (Å²) < 4.78 is 5.05. The smallest absolute Gasteiger partial charge is 0.333 e. The highest BCUT2D eigenvalue weighted by Crippen LogP contribution is 2.49. The third-order valence-electron chi connectivity index (χ3n) is 11.2. The molecule has 2 aliphatic rings. The van der Waals surface area contributed by atoms with Crippen LogP contribution < -0.4 is 15.8 Å². The Balaban J connectivity index is 1.31. The van der Waals surface area contributed by atoms with E-state index in [2.05, 4.69) is 184 Å². The molecule has 0 fully saturated rings. The van der Waals surface area contributed by atoms with Gasteiger partial charge in [0.1, 0.15) is 0 Å². The Hall–Kier alpha value is -6.52. The van der Waals surface area contributed by atoms with Gasteiger partial charge in [-0.2, -0.15) is 0 Å².